The summed E-state index contributed by atoms with van der Waals surface area (Å²) in [4.78, 5) is 25.4. The summed E-state index contributed by atoms with van der Waals surface area (Å²) < 4.78 is 5.49. The lowest BCUT2D eigenvalue weighted by Gasteiger charge is -2.27. The predicted molar refractivity (Wildman–Crippen MR) is 88.3 cm³/mol. The third-order valence-corrected chi connectivity index (χ3v) is 4.30. The number of rotatable bonds is 3. The molecule has 7 heteroatoms. The highest BCUT2D eigenvalue weighted by Gasteiger charge is 2.40. The van der Waals surface area contributed by atoms with Crippen molar-refractivity contribution in [1.82, 2.24) is 4.90 Å². The van der Waals surface area contributed by atoms with Crippen molar-refractivity contribution in [2.24, 2.45) is 5.73 Å². The number of amides is 2. The number of hydrogen-bond acceptors (Lipinski definition) is 5. The summed E-state index contributed by atoms with van der Waals surface area (Å²) in [6.07, 6.45) is 4.56. The zero-order valence-electron chi connectivity index (χ0n) is 13.4. The van der Waals surface area contributed by atoms with E-state index in [1.165, 1.54) is 13.2 Å². The van der Waals surface area contributed by atoms with Gasteiger partial charge in [0, 0.05) is 19.4 Å². The molecule has 2 aliphatic rings. The van der Waals surface area contributed by atoms with E-state index in [-0.39, 0.29) is 17.7 Å². The third kappa shape index (κ3) is 2.63. The van der Waals surface area contributed by atoms with E-state index in [2.05, 4.69) is 5.32 Å². The van der Waals surface area contributed by atoms with Gasteiger partial charge in [-0.15, -0.1) is 0 Å². The van der Waals surface area contributed by atoms with E-state index < -0.39 is 12.1 Å². The molecule has 1 aromatic rings. The number of carbonyl (C=O) groups excluding carboxylic acids is 2. The fourth-order valence-corrected chi connectivity index (χ4v) is 3.04. The van der Waals surface area contributed by atoms with Gasteiger partial charge in [0.2, 0.25) is 5.91 Å². The monoisotopic (exact) mass is 329 g/mol. The molecule has 0 aliphatic carbocycles. The summed E-state index contributed by atoms with van der Waals surface area (Å²) in [7, 11) is 1.54. The lowest BCUT2D eigenvalue weighted by atomic mass is 10.1. The number of carbonyl (C=O) groups is 2. The van der Waals surface area contributed by atoms with Crippen LogP contribution in [0.4, 0.5) is 5.69 Å². The summed E-state index contributed by atoms with van der Waals surface area (Å²) >= 11 is 0. The second-order valence-corrected chi connectivity index (χ2v) is 5.88. The van der Waals surface area contributed by atoms with Gasteiger partial charge in [-0.2, -0.15) is 0 Å². The molecule has 3 rings (SSSR count). The first-order valence-electron chi connectivity index (χ1n) is 7.55. The number of primary amides is 1. The minimum absolute atomic E-state index is 0.0434. The van der Waals surface area contributed by atoms with E-state index >= 15 is 0 Å². The Labute approximate surface area is 139 Å². The standard InChI is InChI=1S/C17H19N3O4/c1-9-3-5-11-14(15(9)22)19-16(24-2)12-7-10(4-6-13(18)21)8-20(12)17(11)23/h3-6,8,12,16,19,22H,7H2,1-2H3,(H2,18,21)/b6-4+/t12-,16+/m0/s1. The molecule has 0 aromatic heterocycles. The molecule has 0 bridgehead atoms. The number of methoxy groups -OCH3 is 1. The Morgan fingerprint density at radius 1 is 1.50 bits per heavy atom. The highest BCUT2D eigenvalue weighted by atomic mass is 16.5. The maximum Gasteiger partial charge on any atom is 0.260 e. The number of nitrogens with one attached hydrogen (secondary N) is 1. The minimum Gasteiger partial charge on any atom is -0.505 e. The highest BCUT2D eigenvalue weighted by molar-refractivity contribution is 6.03. The zero-order chi connectivity index (χ0) is 17.4. The molecule has 0 saturated heterocycles. The number of nitrogens with zero attached hydrogens (tertiary/aromatic N) is 1. The Bertz CT molecular complexity index is 769. The van der Waals surface area contributed by atoms with Crippen LogP contribution in [0.15, 0.2) is 36.1 Å². The summed E-state index contributed by atoms with van der Waals surface area (Å²) in [6.45, 7) is 1.77. The van der Waals surface area contributed by atoms with E-state index in [1.54, 1.807) is 36.2 Å². The van der Waals surface area contributed by atoms with Crippen LogP contribution in [0.25, 0.3) is 0 Å². The average molecular weight is 329 g/mol. The van der Waals surface area contributed by atoms with Gasteiger partial charge in [0.15, 0.2) is 0 Å². The Morgan fingerprint density at radius 3 is 2.92 bits per heavy atom. The SMILES string of the molecule is CO[C@H]1Nc2c(ccc(C)c2O)C(=O)N2C=C(/C=C/C(N)=O)C[C@@H]12. The fourth-order valence-electron chi connectivity index (χ4n) is 3.04. The first kappa shape index (κ1) is 16.1. The molecule has 0 unspecified atom stereocenters. The molecule has 0 saturated carbocycles. The second kappa shape index (κ2) is 6.01. The van der Waals surface area contributed by atoms with Gasteiger partial charge in [-0.05, 0) is 30.5 Å². The van der Waals surface area contributed by atoms with Crippen LogP contribution in [0, 0.1) is 6.92 Å². The summed E-state index contributed by atoms with van der Waals surface area (Å²) in [5.74, 6) is -0.738. The maximum atomic E-state index is 12.9. The van der Waals surface area contributed by atoms with Crippen molar-refractivity contribution in [3.63, 3.8) is 0 Å². The van der Waals surface area contributed by atoms with E-state index in [0.29, 0.717) is 23.2 Å². The summed E-state index contributed by atoms with van der Waals surface area (Å²) in [5.41, 5.74) is 7.35. The van der Waals surface area contributed by atoms with Crippen LogP contribution in [-0.4, -0.2) is 41.2 Å². The van der Waals surface area contributed by atoms with Crippen molar-refractivity contribution in [2.75, 3.05) is 12.4 Å². The van der Waals surface area contributed by atoms with Crippen LogP contribution >= 0.6 is 0 Å². The summed E-state index contributed by atoms with van der Waals surface area (Å²) in [5, 5.41) is 13.4. The van der Waals surface area contributed by atoms with E-state index in [0.717, 1.165) is 5.57 Å². The molecule has 0 spiro atoms. The first-order valence-corrected chi connectivity index (χ1v) is 7.55. The smallest absolute Gasteiger partial charge is 0.260 e. The molecule has 2 atom stereocenters. The van der Waals surface area contributed by atoms with Gasteiger partial charge in [0.1, 0.15) is 12.0 Å². The second-order valence-electron chi connectivity index (χ2n) is 5.88. The van der Waals surface area contributed by atoms with Crippen molar-refractivity contribution < 1.29 is 19.4 Å². The van der Waals surface area contributed by atoms with Crippen molar-refractivity contribution in [1.29, 1.82) is 0 Å². The number of anilines is 1. The Morgan fingerprint density at radius 2 is 2.25 bits per heavy atom. The number of phenolic OH excluding ortho intramolecular Hbond substituents is 1. The zero-order valence-corrected chi connectivity index (χ0v) is 13.4. The third-order valence-electron chi connectivity index (χ3n) is 4.30. The van der Waals surface area contributed by atoms with Crippen molar-refractivity contribution >= 4 is 17.5 Å². The van der Waals surface area contributed by atoms with Crippen molar-refractivity contribution in [3.05, 3.63) is 47.2 Å². The Hall–Kier alpha value is -2.80. The number of benzene rings is 1. The number of aromatic hydroxyl groups is 1. The fraction of sp³-hybridized carbons (Fsp3) is 0.294. The van der Waals surface area contributed by atoms with Crippen molar-refractivity contribution in [3.8, 4) is 5.75 Å². The molecule has 2 amide bonds. The molecular formula is C17H19N3O4. The molecule has 0 fully saturated rings. The van der Waals surface area contributed by atoms with Crippen LogP contribution in [-0.2, 0) is 9.53 Å². The summed E-state index contributed by atoms with van der Waals surface area (Å²) in [6, 6.07) is 3.09. The highest BCUT2D eigenvalue weighted by Crippen LogP contribution is 2.38. The Balaban J connectivity index is 2.04. The number of phenols is 1. The van der Waals surface area contributed by atoms with Crippen LogP contribution < -0.4 is 11.1 Å². The topological polar surface area (TPSA) is 105 Å². The van der Waals surface area contributed by atoms with E-state index in [9.17, 15) is 14.7 Å². The van der Waals surface area contributed by atoms with Gasteiger partial charge in [0.05, 0.1) is 17.3 Å². The number of hydrogen-bond donors (Lipinski definition) is 3. The number of aryl methyl sites for hydroxylation is 1. The number of allylic oxidation sites excluding steroid dienone is 1. The quantitative estimate of drug-likeness (QED) is 0.571. The minimum atomic E-state index is -0.545. The molecular weight excluding hydrogens is 310 g/mol. The molecule has 24 heavy (non-hydrogen) atoms. The van der Waals surface area contributed by atoms with Crippen LogP contribution in [0.5, 0.6) is 5.75 Å². The molecule has 2 heterocycles. The largest absolute Gasteiger partial charge is 0.505 e. The molecule has 0 radical (unpaired) electrons. The van der Waals surface area contributed by atoms with Crippen LogP contribution in [0.2, 0.25) is 0 Å². The lowest BCUT2D eigenvalue weighted by molar-refractivity contribution is -0.113. The molecule has 2 aliphatic heterocycles. The predicted octanol–water partition coefficient (Wildman–Crippen LogP) is 1.24. The number of fused-ring (bicyclic) bond motifs is 2. The van der Waals surface area contributed by atoms with E-state index in [4.69, 9.17) is 10.5 Å². The number of ether oxygens (including phenoxy) is 1. The first-order chi connectivity index (χ1) is 11.4. The lowest BCUT2D eigenvalue weighted by Crippen LogP contribution is -2.43. The molecule has 4 N–H and O–H groups in total. The van der Waals surface area contributed by atoms with Gasteiger partial charge in [-0.1, -0.05) is 12.1 Å². The molecule has 1 aromatic carbocycles. The van der Waals surface area contributed by atoms with Crippen LogP contribution in [0.1, 0.15) is 22.3 Å². The van der Waals surface area contributed by atoms with Gasteiger partial charge in [-0.3, -0.25) is 9.59 Å². The normalized spacial score (nSPS) is 22.7. The average Bonchev–Trinajstić information content (AvgIpc) is 2.93. The van der Waals surface area contributed by atoms with Gasteiger partial charge in [0.25, 0.3) is 5.91 Å². The van der Waals surface area contributed by atoms with Gasteiger partial charge >= 0.3 is 0 Å². The van der Waals surface area contributed by atoms with Crippen molar-refractivity contribution in [2.45, 2.75) is 25.6 Å². The molecule has 126 valence electrons. The molecule has 7 nitrogen and oxygen atoms in total. The Kier molecular flexibility index (Phi) is 4.02. The van der Waals surface area contributed by atoms with Gasteiger partial charge in [-0.25, -0.2) is 0 Å². The van der Waals surface area contributed by atoms with Crippen LogP contribution in [0.3, 0.4) is 0 Å². The maximum absolute atomic E-state index is 12.9. The number of nitrogens with two attached hydrogens (primary N) is 1. The van der Waals surface area contributed by atoms with Gasteiger partial charge < -0.3 is 25.8 Å². The van der Waals surface area contributed by atoms with E-state index in [1.807, 2.05) is 0 Å².